The van der Waals surface area contributed by atoms with E-state index in [2.05, 4.69) is 4.74 Å². The second kappa shape index (κ2) is 2.43. The van der Waals surface area contributed by atoms with Crippen molar-refractivity contribution in [1.29, 1.82) is 0 Å². The van der Waals surface area contributed by atoms with Crippen molar-refractivity contribution in [3.8, 4) is 0 Å². The summed E-state index contributed by atoms with van der Waals surface area (Å²) in [6.45, 7) is 0.909. The fraction of sp³-hybridized carbons (Fsp3) is 0.833. The Labute approximate surface area is 57.8 Å². The molecule has 0 aliphatic carbocycles. The molecule has 1 N–H and O–H groups in total. The number of hydrogen-bond donors (Lipinski definition) is 1. The number of aliphatic hydroxyl groups excluding tert-OH is 1. The number of hydrogen-bond acceptors (Lipinski definition) is 2. The minimum absolute atomic E-state index is 0.375. The van der Waals surface area contributed by atoms with E-state index in [0.29, 0.717) is 0 Å². The fourth-order valence-electron chi connectivity index (χ4n) is 0.871. The van der Waals surface area contributed by atoms with Crippen LogP contribution in [0.15, 0.2) is 0 Å². The molecule has 1 rings (SSSR count). The molecular weight excluding hydrogens is 142 g/mol. The lowest BCUT2D eigenvalue weighted by Crippen LogP contribution is -2.25. The Morgan fingerprint density at radius 2 is 2.30 bits per heavy atom. The standard InChI is InChI=1S/C6H9F2O2/c1-4-6(7,8)2-5(3-9)10-4/h2,4-5,9H,3H2,1H3/t4-,5-/m0/s1. The molecule has 0 aromatic heterocycles. The molecule has 0 aromatic carbocycles. The number of halogens is 2. The van der Waals surface area contributed by atoms with Crippen molar-refractivity contribution < 1.29 is 18.6 Å². The highest BCUT2D eigenvalue weighted by atomic mass is 19.3. The van der Waals surface area contributed by atoms with Gasteiger partial charge in [-0.2, -0.15) is 0 Å². The van der Waals surface area contributed by atoms with E-state index < -0.39 is 18.1 Å². The smallest absolute Gasteiger partial charge is 0.279 e. The molecule has 4 heteroatoms. The molecule has 59 valence electrons. The topological polar surface area (TPSA) is 29.5 Å². The summed E-state index contributed by atoms with van der Waals surface area (Å²) in [6.07, 6.45) is -1.17. The van der Waals surface area contributed by atoms with E-state index in [9.17, 15) is 8.78 Å². The number of aliphatic hydroxyl groups is 1. The van der Waals surface area contributed by atoms with E-state index in [-0.39, 0.29) is 6.61 Å². The summed E-state index contributed by atoms with van der Waals surface area (Å²) in [6, 6.07) is 0. The van der Waals surface area contributed by atoms with Crippen LogP contribution in [0.5, 0.6) is 0 Å². The molecule has 0 amide bonds. The third kappa shape index (κ3) is 1.27. The number of rotatable bonds is 1. The third-order valence-corrected chi connectivity index (χ3v) is 1.51. The van der Waals surface area contributed by atoms with Crippen molar-refractivity contribution in [1.82, 2.24) is 0 Å². The quantitative estimate of drug-likeness (QED) is 0.594. The van der Waals surface area contributed by atoms with Gasteiger partial charge in [-0.05, 0) is 6.92 Å². The van der Waals surface area contributed by atoms with Gasteiger partial charge in [0.15, 0.2) is 0 Å². The molecular formula is C6H9F2O2. The van der Waals surface area contributed by atoms with Gasteiger partial charge in [0.25, 0.3) is 5.92 Å². The lowest BCUT2D eigenvalue weighted by Gasteiger charge is -2.10. The van der Waals surface area contributed by atoms with Crippen LogP contribution in [0.1, 0.15) is 6.92 Å². The summed E-state index contributed by atoms with van der Waals surface area (Å²) >= 11 is 0. The Morgan fingerprint density at radius 1 is 1.70 bits per heavy atom. The van der Waals surface area contributed by atoms with E-state index in [4.69, 9.17) is 5.11 Å². The minimum Gasteiger partial charge on any atom is -0.394 e. The van der Waals surface area contributed by atoms with Crippen LogP contribution in [0.2, 0.25) is 0 Å². The molecule has 0 unspecified atom stereocenters. The molecule has 2 nitrogen and oxygen atoms in total. The molecule has 0 bridgehead atoms. The van der Waals surface area contributed by atoms with Crippen LogP contribution >= 0.6 is 0 Å². The number of ether oxygens (including phenoxy) is 1. The molecule has 1 radical (unpaired) electrons. The summed E-state index contributed by atoms with van der Waals surface area (Å²) in [4.78, 5) is 0. The molecule has 2 atom stereocenters. The van der Waals surface area contributed by atoms with Gasteiger partial charge in [0.2, 0.25) is 0 Å². The van der Waals surface area contributed by atoms with Gasteiger partial charge in [0, 0.05) is 0 Å². The molecule has 1 fully saturated rings. The minimum atomic E-state index is -2.88. The predicted molar refractivity (Wildman–Crippen MR) is 30.7 cm³/mol. The molecule has 0 spiro atoms. The predicted octanol–water partition coefficient (Wildman–Crippen LogP) is 0.606. The third-order valence-electron chi connectivity index (χ3n) is 1.51. The summed E-state index contributed by atoms with van der Waals surface area (Å²) in [7, 11) is 0. The molecule has 10 heavy (non-hydrogen) atoms. The zero-order valence-electron chi connectivity index (χ0n) is 5.55. The summed E-state index contributed by atoms with van der Waals surface area (Å²) in [5, 5.41) is 8.43. The van der Waals surface area contributed by atoms with Gasteiger partial charge >= 0.3 is 0 Å². The highest BCUT2D eigenvalue weighted by Gasteiger charge is 2.47. The Hall–Kier alpha value is -0.220. The highest BCUT2D eigenvalue weighted by Crippen LogP contribution is 2.33. The van der Waals surface area contributed by atoms with Crippen LogP contribution in [-0.2, 0) is 4.74 Å². The van der Waals surface area contributed by atoms with Crippen molar-refractivity contribution in [2.45, 2.75) is 25.1 Å². The van der Waals surface area contributed by atoms with Crippen molar-refractivity contribution in [3.05, 3.63) is 6.42 Å². The van der Waals surface area contributed by atoms with Crippen LogP contribution in [-0.4, -0.2) is 29.8 Å². The monoisotopic (exact) mass is 151 g/mol. The second-order valence-corrected chi connectivity index (χ2v) is 2.34. The molecule has 0 saturated carbocycles. The second-order valence-electron chi connectivity index (χ2n) is 2.34. The van der Waals surface area contributed by atoms with Crippen molar-refractivity contribution in [3.63, 3.8) is 0 Å². The number of alkyl halides is 2. The Bertz CT molecular complexity index is 127. The van der Waals surface area contributed by atoms with Gasteiger partial charge in [-0.3, -0.25) is 0 Å². The average molecular weight is 151 g/mol. The lowest BCUT2D eigenvalue weighted by atomic mass is 10.1. The van der Waals surface area contributed by atoms with Gasteiger partial charge in [-0.25, -0.2) is 8.78 Å². The first kappa shape index (κ1) is 7.88. The van der Waals surface area contributed by atoms with Crippen LogP contribution < -0.4 is 0 Å². The van der Waals surface area contributed by atoms with Gasteiger partial charge in [-0.15, -0.1) is 0 Å². The van der Waals surface area contributed by atoms with Crippen LogP contribution in [0.25, 0.3) is 0 Å². The first-order valence-corrected chi connectivity index (χ1v) is 3.06. The summed E-state index contributed by atoms with van der Waals surface area (Å²) in [5.41, 5.74) is 0. The maximum Gasteiger partial charge on any atom is 0.279 e. The van der Waals surface area contributed by atoms with Crippen molar-refractivity contribution in [2.24, 2.45) is 0 Å². The molecule has 0 aromatic rings. The fourth-order valence-corrected chi connectivity index (χ4v) is 0.871. The van der Waals surface area contributed by atoms with Crippen LogP contribution in [0.3, 0.4) is 0 Å². The van der Waals surface area contributed by atoms with Crippen LogP contribution in [0, 0.1) is 6.42 Å². The van der Waals surface area contributed by atoms with E-state index in [1.54, 1.807) is 0 Å². The summed E-state index contributed by atoms with van der Waals surface area (Å²) < 4.78 is 29.6. The van der Waals surface area contributed by atoms with Gasteiger partial charge in [-0.1, -0.05) is 0 Å². The van der Waals surface area contributed by atoms with Crippen molar-refractivity contribution in [2.75, 3.05) is 6.61 Å². The van der Waals surface area contributed by atoms with Gasteiger partial charge in [0.1, 0.15) is 6.10 Å². The Morgan fingerprint density at radius 3 is 2.50 bits per heavy atom. The first-order chi connectivity index (χ1) is 4.56. The molecule has 1 heterocycles. The maximum atomic E-state index is 12.5. The van der Waals surface area contributed by atoms with E-state index >= 15 is 0 Å². The molecule has 1 aliphatic heterocycles. The van der Waals surface area contributed by atoms with Gasteiger partial charge in [0.05, 0.1) is 19.1 Å². The molecule has 1 saturated heterocycles. The summed E-state index contributed by atoms with van der Waals surface area (Å²) in [5.74, 6) is -2.88. The largest absolute Gasteiger partial charge is 0.394 e. The maximum absolute atomic E-state index is 12.5. The average Bonchev–Trinajstić information content (AvgIpc) is 2.08. The Kier molecular flexibility index (Phi) is 1.92. The zero-order chi connectivity index (χ0) is 7.78. The first-order valence-electron chi connectivity index (χ1n) is 3.06. The van der Waals surface area contributed by atoms with Gasteiger partial charge < -0.3 is 9.84 Å². The SMILES string of the molecule is C[C@@H]1O[C@H](CO)[CH]C1(F)F. The Balaban J connectivity index is 2.53. The lowest BCUT2D eigenvalue weighted by molar-refractivity contribution is -0.0622. The zero-order valence-corrected chi connectivity index (χ0v) is 5.55. The van der Waals surface area contributed by atoms with E-state index in [1.807, 2.05) is 0 Å². The highest BCUT2D eigenvalue weighted by molar-refractivity contribution is 5.01. The molecule has 1 aliphatic rings. The van der Waals surface area contributed by atoms with E-state index in [0.717, 1.165) is 6.42 Å². The normalized spacial score (nSPS) is 38.4. The van der Waals surface area contributed by atoms with Crippen molar-refractivity contribution >= 4 is 0 Å². The van der Waals surface area contributed by atoms with E-state index in [1.165, 1.54) is 6.92 Å². The van der Waals surface area contributed by atoms with Crippen LogP contribution in [0.4, 0.5) is 8.78 Å².